The van der Waals surface area contributed by atoms with E-state index >= 15 is 0 Å². The topological polar surface area (TPSA) is 40.5 Å². The van der Waals surface area contributed by atoms with Crippen LogP contribution >= 0.6 is 11.3 Å². The van der Waals surface area contributed by atoms with Crippen molar-refractivity contribution in [3.8, 4) is 11.3 Å². The maximum atomic E-state index is 14.6. The molecule has 0 bridgehead atoms. The van der Waals surface area contributed by atoms with E-state index in [4.69, 9.17) is 0 Å². The highest BCUT2D eigenvalue weighted by Gasteiger charge is 2.19. The van der Waals surface area contributed by atoms with E-state index < -0.39 is 0 Å². The summed E-state index contributed by atoms with van der Waals surface area (Å²) in [4.78, 5) is 6.89. The summed E-state index contributed by atoms with van der Waals surface area (Å²) >= 11 is 1.49. The first kappa shape index (κ1) is 19.7. The van der Waals surface area contributed by atoms with Crippen molar-refractivity contribution in [1.29, 1.82) is 0 Å². The van der Waals surface area contributed by atoms with Gasteiger partial charge in [-0.25, -0.2) is 9.37 Å². The van der Waals surface area contributed by atoms with E-state index in [1.165, 1.54) is 30.6 Å². The molecule has 1 saturated heterocycles. The maximum Gasteiger partial charge on any atom is 0.203 e. The molecule has 4 rings (SSSR count). The second-order valence-electron chi connectivity index (χ2n) is 7.44. The van der Waals surface area contributed by atoms with Crippen LogP contribution < -0.4 is 5.43 Å². The molecule has 0 radical (unpaired) electrons. The molecule has 1 aromatic heterocycles. The molecule has 0 aliphatic carbocycles. The zero-order valence-corrected chi connectivity index (χ0v) is 17.3. The van der Waals surface area contributed by atoms with Crippen molar-refractivity contribution in [1.82, 2.24) is 9.88 Å². The van der Waals surface area contributed by atoms with Gasteiger partial charge in [-0.05, 0) is 37.9 Å². The molecule has 29 heavy (non-hydrogen) atoms. The summed E-state index contributed by atoms with van der Waals surface area (Å²) in [5.74, 6) is -0.174. The first-order valence-electron chi connectivity index (χ1n) is 10.0. The normalized spacial score (nSPS) is 17.7. The fourth-order valence-electron chi connectivity index (χ4n) is 3.61. The first-order valence-corrected chi connectivity index (χ1v) is 10.9. The Hall–Kier alpha value is -2.57. The summed E-state index contributed by atoms with van der Waals surface area (Å²) in [6.07, 6.45) is 5.29. The third kappa shape index (κ3) is 5.08. The van der Waals surface area contributed by atoms with Gasteiger partial charge < -0.3 is 0 Å². The standard InChI is InChI=1S/C23H25FN4S/c1-17-7-5-6-12-28(17)15-20-11-10-18(13-21(20)24)14-25-27-23-26-22(16-29-23)19-8-3-2-4-9-19/h2-4,8-11,13-14,16-17H,5-7,12,15H2,1H3,(H,26,27). The lowest BCUT2D eigenvalue weighted by Crippen LogP contribution is -2.36. The molecule has 1 fully saturated rings. The summed E-state index contributed by atoms with van der Waals surface area (Å²) in [6, 6.07) is 15.9. The molecule has 0 spiro atoms. The van der Waals surface area contributed by atoms with Crippen LogP contribution in [0.15, 0.2) is 59.0 Å². The van der Waals surface area contributed by atoms with E-state index in [1.807, 2.05) is 47.8 Å². The van der Waals surface area contributed by atoms with Gasteiger partial charge in [0.25, 0.3) is 0 Å². The van der Waals surface area contributed by atoms with E-state index in [0.717, 1.165) is 28.9 Å². The van der Waals surface area contributed by atoms with Crippen LogP contribution in [-0.2, 0) is 6.54 Å². The second-order valence-corrected chi connectivity index (χ2v) is 8.30. The molecular weight excluding hydrogens is 383 g/mol. The van der Waals surface area contributed by atoms with Crippen molar-refractivity contribution in [2.75, 3.05) is 12.0 Å². The number of hydrogen-bond acceptors (Lipinski definition) is 5. The number of rotatable bonds is 6. The van der Waals surface area contributed by atoms with Crippen LogP contribution in [0, 0.1) is 5.82 Å². The first-order chi connectivity index (χ1) is 14.2. The van der Waals surface area contributed by atoms with Gasteiger partial charge in [-0.2, -0.15) is 5.10 Å². The van der Waals surface area contributed by atoms with Crippen LogP contribution in [0.2, 0.25) is 0 Å². The minimum atomic E-state index is -0.174. The van der Waals surface area contributed by atoms with Crippen LogP contribution in [0.25, 0.3) is 11.3 Å². The van der Waals surface area contributed by atoms with Gasteiger partial charge in [0.15, 0.2) is 0 Å². The van der Waals surface area contributed by atoms with Crippen LogP contribution in [0.5, 0.6) is 0 Å². The van der Waals surface area contributed by atoms with Crippen molar-refractivity contribution >= 4 is 22.7 Å². The fourth-order valence-corrected chi connectivity index (χ4v) is 4.28. The Kier molecular flexibility index (Phi) is 6.32. The number of nitrogens with one attached hydrogen (secondary N) is 1. The van der Waals surface area contributed by atoms with Gasteiger partial charge in [0.1, 0.15) is 5.82 Å². The molecule has 3 aromatic rings. The fraction of sp³-hybridized carbons (Fsp3) is 0.304. The van der Waals surface area contributed by atoms with Crippen LogP contribution in [0.3, 0.4) is 0 Å². The zero-order chi connectivity index (χ0) is 20.1. The van der Waals surface area contributed by atoms with Crippen molar-refractivity contribution in [3.05, 3.63) is 70.9 Å². The molecule has 0 amide bonds. The number of piperidine rings is 1. The highest BCUT2D eigenvalue weighted by Crippen LogP contribution is 2.24. The minimum Gasteiger partial charge on any atom is -0.296 e. The van der Waals surface area contributed by atoms with Gasteiger partial charge in [-0.3, -0.25) is 10.3 Å². The van der Waals surface area contributed by atoms with E-state index in [-0.39, 0.29) is 5.82 Å². The molecule has 1 aliphatic heterocycles. The summed E-state index contributed by atoms with van der Waals surface area (Å²) in [7, 11) is 0. The minimum absolute atomic E-state index is 0.174. The third-order valence-electron chi connectivity index (χ3n) is 5.34. The number of likely N-dealkylation sites (tertiary alicyclic amines) is 1. The number of benzene rings is 2. The van der Waals surface area contributed by atoms with Gasteiger partial charge in [-0.15, -0.1) is 11.3 Å². The van der Waals surface area contributed by atoms with E-state index in [2.05, 4.69) is 27.3 Å². The molecule has 2 heterocycles. The molecule has 1 N–H and O–H groups in total. The van der Waals surface area contributed by atoms with Crippen molar-refractivity contribution in [2.24, 2.45) is 5.10 Å². The molecule has 1 unspecified atom stereocenters. The number of hydrogen-bond donors (Lipinski definition) is 1. The molecule has 4 nitrogen and oxygen atoms in total. The Balaban J connectivity index is 1.36. The maximum absolute atomic E-state index is 14.6. The van der Waals surface area contributed by atoms with Gasteiger partial charge in [0.2, 0.25) is 5.13 Å². The molecule has 2 aromatic carbocycles. The van der Waals surface area contributed by atoms with Crippen molar-refractivity contribution in [3.63, 3.8) is 0 Å². The zero-order valence-electron chi connectivity index (χ0n) is 16.5. The van der Waals surface area contributed by atoms with Crippen LogP contribution in [0.1, 0.15) is 37.3 Å². The Labute approximate surface area is 175 Å². The number of anilines is 1. The van der Waals surface area contributed by atoms with Crippen LogP contribution in [-0.4, -0.2) is 28.7 Å². The SMILES string of the molecule is CC1CCCCN1Cc1ccc(C=NNc2nc(-c3ccccc3)cs2)cc1F. The summed E-state index contributed by atoms with van der Waals surface area (Å²) in [6.45, 7) is 3.95. The number of aromatic nitrogens is 1. The number of halogens is 1. The van der Waals surface area contributed by atoms with E-state index in [9.17, 15) is 4.39 Å². The Morgan fingerprint density at radius 1 is 1.24 bits per heavy atom. The Morgan fingerprint density at radius 3 is 2.90 bits per heavy atom. The highest BCUT2D eigenvalue weighted by atomic mass is 32.1. The molecular formula is C23H25FN4S. The predicted octanol–water partition coefficient (Wildman–Crippen LogP) is 5.77. The Bertz CT molecular complexity index is 970. The molecule has 1 atom stereocenters. The molecule has 150 valence electrons. The third-order valence-corrected chi connectivity index (χ3v) is 6.09. The van der Waals surface area contributed by atoms with E-state index in [1.54, 1.807) is 12.3 Å². The molecule has 6 heteroatoms. The van der Waals surface area contributed by atoms with Gasteiger partial charge in [-0.1, -0.05) is 48.9 Å². The van der Waals surface area contributed by atoms with Crippen LogP contribution in [0.4, 0.5) is 9.52 Å². The lowest BCUT2D eigenvalue weighted by Gasteiger charge is -2.33. The number of nitrogens with zero attached hydrogens (tertiary/aromatic N) is 3. The average Bonchev–Trinajstić information content (AvgIpc) is 3.21. The molecule has 1 aliphatic rings. The largest absolute Gasteiger partial charge is 0.296 e. The monoisotopic (exact) mass is 408 g/mol. The highest BCUT2D eigenvalue weighted by molar-refractivity contribution is 7.14. The van der Waals surface area contributed by atoms with Crippen molar-refractivity contribution in [2.45, 2.75) is 38.8 Å². The lowest BCUT2D eigenvalue weighted by molar-refractivity contribution is 0.151. The van der Waals surface area contributed by atoms with E-state index in [0.29, 0.717) is 17.7 Å². The Morgan fingerprint density at radius 2 is 2.10 bits per heavy atom. The predicted molar refractivity (Wildman–Crippen MR) is 119 cm³/mol. The van der Waals surface area contributed by atoms with Gasteiger partial charge in [0, 0.05) is 29.1 Å². The summed E-state index contributed by atoms with van der Waals surface area (Å²) in [5, 5.41) is 6.91. The smallest absolute Gasteiger partial charge is 0.203 e. The molecule has 0 saturated carbocycles. The van der Waals surface area contributed by atoms with Gasteiger partial charge >= 0.3 is 0 Å². The second kappa shape index (κ2) is 9.29. The summed E-state index contributed by atoms with van der Waals surface area (Å²) < 4.78 is 14.6. The number of thiazole rings is 1. The lowest BCUT2D eigenvalue weighted by atomic mass is 10.0. The van der Waals surface area contributed by atoms with Crippen molar-refractivity contribution < 1.29 is 4.39 Å². The number of hydrazone groups is 1. The average molecular weight is 409 g/mol. The summed E-state index contributed by atoms with van der Waals surface area (Å²) in [5.41, 5.74) is 6.39. The van der Waals surface area contributed by atoms with Gasteiger partial charge in [0.05, 0.1) is 11.9 Å². The quantitative estimate of drug-likeness (QED) is 0.416.